The Bertz CT molecular complexity index is 425. The molecule has 0 saturated carbocycles. The molecule has 1 aliphatic rings. The van der Waals surface area contributed by atoms with Crippen molar-refractivity contribution < 1.29 is 19.1 Å². The van der Waals surface area contributed by atoms with Gasteiger partial charge in [-0.15, -0.1) is 0 Å². The second kappa shape index (κ2) is 4.91. The first-order valence-electron chi connectivity index (χ1n) is 5.70. The minimum atomic E-state index is -0.762. The predicted molar refractivity (Wildman–Crippen MR) is 63.5 cm³/mol. The maximum atomic E-state index is 10.5. The lowest BCUT2D eigenvalue weighted by atomic mass is 10.2. The molecular formula is C12H15NO5. The van der Waals surface area contributed by atoms with Crippen LogP contribution < -0.4 is 4.74 Å². The summed E-state index contributed by atoms with van der Waals surface area (Å²) in [5.41, 5.74) is 0.0366. The first-order valence-corrected chi connectivity index (χ1v) is 5.70. The van der Waals surface area contributed by atoms with E-state index in [1.165, 1.54) is 12.1 Å². The number of ether oxygens (including phenoxy) is 3. The van der Waals surface area contributed by atoms with Gasteiger partial charge in [0.05, 0.1) is 18.1 Å². The summed E-state index contributed by atoms with van der Waals surface area (Å²) < 4.78 is 16.6. The van der Waals surface area contributed by atoms with Crippen LogP contribution in [0.5, 0.6) is 5.75 Å². The zero-order valence-electron chi connectivity index (χ0n) is 10.3. The molecule has 6 heteroatoms. The fourth-order valence-corrected chi connectivity index (χ4v) is 1.72. The molecule has 0 spiro atoms. The zero-order chi connectivity index (χ0) is 13.2. The molecule has 18 heavy (non-hydrogen) atoms. The number of hydrogen-bond donors (Lipinski definition) is 0. The van der Waals surface area contributed by atoms with E-state index >= 15 is 0 Å². The Balaban J connectivity index is 2.02. The van der Waals surface area contributed by atoms with Gasteiger partial charge in [0.2, 0.25) is 5.79 Å². The molecule has 0 aromatic heterocycles. The van der Waals surface area contributed by atoms with Gasteiger partial charge in [-0.1, -0.05) is 0 Å². The quantitative estimate of drug-likeness (QED) is 0.607. The number of hydrogen-bond acceptors (Lipinski definition) is 5. The molecule has 6 nitrogen and oxygen atoms in total. The number of benzene rings is 1. The first kappa shape index (κ1) is 12.8. The largest absolute Gasteiger partial charge is 0.485 e. The molecule has 1 saturated heterocycles. The summed E-state index contributed by atoms with van der Waals surface area (Å²) in [5, 5.41) is 10.5. The van der Waals surface area contributed by atoms with Crippen molar-refractivity contribution in [3.05, 3.63) is 34.4 Å². The number of non-ortho nitro benzene ring substituents is 1. The summed E-state index contributed by atoms with van der Waals surface area (Å²) in [6.45, 7) is 4.75. The second-order valence-corrected chi connectivity index (χ2v) is 4.22. The summed E-state index contributed by atoms with van der Waals surface area (Å²) in [6, 6.07) is 5.93. The lowest BCUT2D eigenvalue weighted by molar-refractivity contribution is -0.384. The van der Waals surface area contributed by atoms with E-state index in [1.807, 2.05) is 13.8 Å². The molecule has 1 aromatic rings. The van der Waals surface area contributed by atoms with E-state index in [9.17, 15) is 10.1 Å². The molecule has 0 amide bonds. The van der Waals surface area contributed by atoms with Gasteiger partial charge in [0.15, 0.2) is 0 Å². The Labute approximate surface area is 105 Å². The third-order valence-electron chi connectivity index (χ3n) is 2.96. The molecule has 1 aliphatic heterocycles. The average Bonchev–Trinajstić information content (AvgIpc) is 2.78. The third-order valence-corrected chi connectivity index (χ3v) is 2.96. The highest BCUT2D eigenvalue weighted by molar-refractivity contribution is 5.36. The molecule has 1 heterocycles. The van der Waals surface area contributed by atoms with Gasteiger partial charge in [0.1, 0.15) is 11.9 Å². The second-order valence-electron chi connectivity index (χ2n) is 4.22. The van der Waals surface area contributed by atoms with E-state index in [4.69, 9.17) is 14.2 Å². The number of rotatable bonds is 4. The minimum Gasteiger partial charge on any atom is -0.485 e. The Morgan fingerprint density at radius 2 is 1.89 bits per heavy atom. The van der Waals surface area contributed by atoms with Crippen LogP contribution >= 0.6 is 0 Å². The van der Waals surface area contributed by atoms with Crippen LogP contribution in [0.2, 0.25) is 0 Å². The SMILES string of the molecule is C[C@H](Oc1ccc([N+](=O)[O-])cc1)C1(C)OCCO1. The highest BCUT2D eigenvalue weighted by Gasteiger charge is 2.38. The molecule has 1 fully saturated rings. The van der Waals surface area contributed by atoms with Gasteiger partial charge >= 0.3 is 0 Å². The van der Waals surface area contributed by atoms with E-state index in [1.54, 1.807) is 12.1 Å². The van der Waals surface area contributed by atoms with Crippen molar-refractivity contribution in [2.45, 2.75) is 25.7 Å². The molecule has 1 aromatic carbocycles. The molecule has 0 unspecified atom stereocenters. The van der Waals surface area contributed by atoms with Gasteiger partial charge in [0.25, 0.3) is 5.69 Å². The van der Waals surface area contributed by atoms with Crippen molar-refractivity contribution in [2.24, 2.45) is 0 Å². The van der Waals surface area contributed by atoms with Gasteiger partial charge in [0, 0.05) is 12.1 Å². The van der Waals surface area contributed by atoms with Crippen molar-refractivity contribution in [1.82, 2.24) is 0 Å². The summed E-state index contributed by atoms with van der Waals surface area (Å²) in [7, 11) is 0. The molecule has 0 aliphatic carbocycles. The Hall–Kier alpha value is -1.66. The van der Waals surface area contributed by atoms with Crippen LogP contribution in [-0.4, -0.2) is 30.0 Å². The summed E-state index contributed by atoms with van der Waals surface area (Å²) >= 11 is 0. The van der Waals surface area contributed by atoms with Crippen molar-refractivity contribution in [2.75, 3.05) is 13.2 Å². The molecule has 0 N–H and O–H groups in total. The zero-order valence-corrected chi connectivity index (χ0v) is 10.3. The number of nitro benzene ring substituents is 1. The topological polar surface area (TPSA) is 70.8 Å². The highest BCUT2D eigenvalue weighted by Crippen LogP contribution is 2.27. The molecule has 1 atom stereocenters. The van der Waals surface area contributed by atoms with Crippen LogP contribution in [0.1, 0.15) is 13.8 Å². The highest BCUT2D eigenvalue weighted by atomic mass is 16.8. The van der Waals surface area contributed by atoms with Crippen LogP contribution in [0.4, 0.5) is 5.69 Å². The summed E-state index contributed by atoms with van der Waals surface area (Å²) in [5.74, 6) is -0.213. The van der Waals surface area contributed by atoms with Crippen LogP contribution in [0.25, 0.3) is 0 Å². The van der Waals surface area contributed by atoms with Gasteiger partial charge in [-0.3, -0.25) is 10.1 Å². The fraction of sp³-hybridized carbons (Fsp3) is 0.500. The molecule has 0 bridgehead atoms. The van der Waals surface area contributed by atoms with E-state index < -0.39 is 10.7 Å². The van der Waals surface area contributed by atoms with Crippen molar-refractivity contribution >= 4 is 5.69 Å². The average molecular weight is 253 g/mol. The van der Waals surface area contributed by atoms with Crippen LogP contribution in [-0.2, 0) is 9.47 Å². The van der Waals surface area contributed by atoms with E-state index in [2.05, 4.69) is 0 Å². The van der Waals surface area contributed by atoms with Crippen molar-refractivity contribution in [3.8, 4) is 5.75 Å². The Morgan fingerprint density at radius 1 is 1.33 bits per heavy atom. The van der Waals surface area contributed by atoms with Crippen LogP contribution in [0.15, 0.2) is 24.3 Å². The molecule has 2 rings (SSSR count). The number of nitrogens with zero attached hydrogens (tertiary/aromatic N) is 1. The fourth-order valence-electron chi connectivity index (χ4n) is 1.72. The third kappa shape index (κ3) is 2.60. The maximum Gasteiger partial charge on any atom is 0.269 e. The van der Waals surface area contributed by atoms with Crippen molar-refractivity contribution in [3.63, 3.8) is 0 Å². The lowest BCUT2D eigenvalue weighted by Crippen LogP contribution is -2.42. The van der Waals surface area contributed by atoms with Gasteiger partial charge in [-0.2, -0.15) is 0 Å². The monoisotopic (exact) mass is 253 g/mol. The summed E-state index contributed by atoms with van der Waals surface area (Å²) in [6.07, 6.45) is -0.304. The van der Waals surface area contributed by atoms with Gasteiger partial charge < -0.3 is 14.2 Å². The van der Waals surface area contributed by atoms with Crippen LogP contribution in [0, 0.1) is 10.1 Å². The maximum absolute atomic E-state index is 10.5. The standard InChI is InChI=1S/C12H15NO5/c1-9(12(2)16-7-8-17-12)18-11-5-3-10(4-6-11)13(14)15/h3-6,9H,7-8H2,1-2H3/t9-/m0/s1. The van der Waals surface area contributed by atoms with Gasteiger partial charge in [-0.05, 0) is 26.0 Å². The summed E-state index contributed by atoms with van der Waals surface area (Å²) in [4.78, 5) is 10.1. The lowest BCUT2D eigenvalue weighted by Gasteiger charge is -2.29. The Morgan fingerprint density at radius 3 is 2.39 bits per heavy atom. The molecule has 0 radical (unpaired) electrons. The van der Waals surface area contributed by atoms with Crippen LogP contribution in [0.3, 0.4) is 0 Å². The normalized spacial score (nSPS) is 19.4. The van der Waals surface area contributed by atoms with Crippen molar-refractivity contribution in [1.29, 1.82) is 0 Å². The minimum absolute atomic E-state index is 0.0366. The Kier molecular flexibility index (Phi) is 3.49. The van der Waals surface area contributed by atoms with E-state index in [-0.39, 0.29) is 11.8 Å². The first-order chi connectivity index (χ1) is 8.51. The van der Waals surface area contributed by atoms with E-state index in [0.29, 0.717) is 19.0 Å². The molecular weight excluding hydrogens is 238 g/mol. The molecule has 98 valence electrons. The smallest absolute Gasteiger partial charge is 0.269 e. The van der Waals surface area contributed by atoms with Gasteiger partial charge in [-0.25, -0.2) is 0 Å². The predicted octanol–water partition coefficient (Wildman–Crippen LogP) is 2.13. The van der Waals surface area contributed by atoms with E-state index in [0.717, 1.165) is 0 Å². The number of nitro groups is 1.